The highest BCUT2D eigenvalue weighted by Crippen LogP contribution is 2.10. The third kappa shape index (κ3) is 2.44. The number of primary amides is 1. The standard InChI is InChI=1S/C9H11N3O4/c1-6-2-4-11(5-3-7(10)13)9(14)8(6)12(15)16/h2,4H,3,5H2,1H3,(H2,10,13). The van der Waals surface area contributed by atoms with Gasteiger partial charge in [-0.1, -0.05) is 0 Å². The van der Waals surface area contributed by atoms with Gasteiger partial charge < -0.3 is 10.3 Å². The first-order valence-corrected chi connectivity index (χ1v) is 4.56. The molecule has 0 fully saturated rings. The molecule has 0 aliphatic carbocycles. The average Bonchev–Trinajstić information content (AvgIpc) is 2.15. The van der Waals surface area contributed by atoms with Gasteiger partial charge in [0.25, 0.3) is 0 Å². The number of nitro groups is 1. The number of nitrogens with zero attached hydrogens (tertiary/aromatic N) is 2. The minimum Gasteiger partial charge on any atom is -0.370 e. The van der Waals surface area contributed by atoms with Crippen LogP contribution in [-0.4, -0.2) is 15.4 Å². The van der Waals surface area contributed by atoms with Crippen LogP contribution in [0.15, 0.2) is 17.1 Å². The highest BCUT2D eigenvalue weighted by molar-refractivity contribution is 5.73. The predicted octanol–water partition coefficient (Wildman–Crippen LogP) is -0.0597. The summed E-state index contributed by atoms with van der Waals surface area (Å²) in [6, 6.07) is 1.46. The lowest BCUT2D eigenvalue weighted by Gasteiger charge is -2.04. The van der Waals surface area contributed by atoms with Crippen molar-refractivity contribution in [1.82, 2.24) is 4.57 Å². The van der Waals surface area contributed by atoms with Gasteiger partial charge in [0, 0.05) is 24.7 Å². The molecule has 1 rings (SSSR count). The SMILES string of the molecule is Cc1ccn(CCC(N)=O)c(=O)c1[N+](=O)[O-]. The largest absolute Gasteiger partial charge is 0.370 e. The molecule has 86 valence electrons. The summed E-state index contributed by atoms with van der Waals surface area (Å²) in [6.07, 6.45) is 1.38. The number of aryl methyl sites for hydroxylation is 2. The third-order valence-corrected chi connectivity index (χ3v) is 2.12. The molecule has 0 saturated carbocycles. The molecule has 0 unspecified atom stereocenters. The van der Waals surface area contributed by atoms with Crippen molar-refractivity contribution in [3.8, 4) is 0 Å². The van der Waals surface area contributed by atoms with Crippen LogP contribution in [0.1, 0.15) is 12.0 Å². The van der Waals surface area contributed by atoms with Crippen LogP contribution in [0.2, 0.25) is 0 Å². The topological polar surface area (TPSA) is 108 Å². The van der Waals surface area contributed by atoms with E-state index in [-0.39, 0.29) is 13.0 Å². The zero-order valence-electron chi connectivity index (χ0n) is 8.67. The molecule has 2 N–H and O–H groups in total. The quantitative estimate of drug-likeness (QED) is 0.571. The Bertz CT molecular complexity index is 492. The molecule has 0 radical (unpaired) electrons. The number of carbonyl (C=O) groups excluding carboxylic acids is 1. The fourth-order valence-electron chi connectivity index (χ4n) is 1.28. The molecule has 7 heteroatoms. The summed E-state index contributed by atoms with van der Waals surface area (Å²) in [5, 5.41) is 10.6. The maximum atomic E-state index is 11.6. The van der Waals surface area contributed by atoms with Crippen molar-refractivity contribution < 1.29 is 9.72 Å². The normalized spacial score (nSPS) is 10.1. The van der Waals surface area contributed by atoms with Gasteiger partial charge in [0.1, 0.15) is 0 Å². The molecule has 1 aromatic rings. The molecule has 1 aromatic heterocycles. The highest BCUT2D eigenvalue weighted by Gasteiger charge is 2.17. The van der Waals surface area contributed by atoms with Crippen molar-refractivity contribution in [2.24, 2.45) is 5.73 Å². The van der Waals surface area contributed by atoms with Gasteiger partial charge in [-0.15, -0.1) is 0 Å². The van der Waals surface area contributed by atoms with Crippen LogP contribution in [0.5, 0.6) is 0 Å². The maximum Gasteiger partial charge on any atom is 0.336 e. The fraction of sp³-hybridized carbons (Fsp3) is 0.333. The van der Waals surface area contributed by atoms with Gasteiger partial charge in [-0.25, -0.2) is 0 Å². The number of nitrogens with two attached hydrogens (primary N) is 1. The van der Waals surface area contributed by atoms with Crippen LogP contribution in [0.25, 0.3) is 0 Å². The lowest BCUT2D eigenvalue weighted by atomic mass is 10.2. The number of amides is 1. The number of pyridine rings is 1. The van der Waals surface area contributed by atoms with E-state index in [1.54, 1.807) is 0 Å². The van der Waals surface area contributed by atoms with Crippen molar-refractivity contribution >= 4 is 11.6 Å². The molecule has 0 aliphatic rings. The van der Waals surface area contributed by atoms with E-state index in [9.17, 15) is 19.7 Å². The number of rotatable bonds is 4. The molecular formula is C9H11N3O4. The van der Waals surface area contributed by atoms with Gasteiger partial charge in [0.05, 0.1) is 4.92 Å². The number of carbonyl (C=O) groups is 1. The van der Waals surface area contributed by atoms with Crippen LogP contribution < -0.4 is 11.3 Å². The molecule has 0 saturated heterocycles. The second-order valence-corrected chi connectivity index (χ2v) is 3.32. The maximum absolute atomic E-state index is 11.6. The summed E-state index contributed by atoms with van der Waals surface area (Å²) in [4.78, 5) is 32.1. The minimum absolute atomic E-state index is 0.0277. The van der Waals surface area contributed by atoms with Gasteiger partial charge >= 0.3 is 11.2 Å². The van der Waals surface area contributed by atoms with Crippen molar-refractivity contribution in [2.75, 3.05) is 0 Å². The molecule has 0 atom stereocenters. The Balaban J connectivity index is 3.14. The number of aromatic nitrogens is 1. The molecule has 0 aliphatic heterocycles. The van der Waals surface area contributed by atoms with E-state index in [2.05, 4.69) is 0 Å². The summed E-state index contributed by atoms with van der Waals surface area (Å²) >= 11 is 0. The van der Waals surface area contributed by atoms with Crippen LogP contribution in [-0.2, 0) is 11.3 Å². The minimum atomic E-state index is -0.724. The van der Waals surface area contributed by atoms with E-state index in [0.29, 0.717) is 5.56 Å². The Kier molecular flexibility index (Phi) is 3.39. The molecule has 16 heavy (non-hydrogen) atoms. The van der Waals surface area contributed by atoms with Gasteiger partial charge in [-0.05, 0) is 13.0 Å². The average molecular weight is 225 g/mol. The molecular weight excluding hydrogens is 214 g/mol. The van der Waals surface area contributed by atoms with Crippen LogP contribution in [0.4, 0.5) is 5.69 Å². The van der Waals surface area contributed by atoms with Crippen molar-refractivity contribution in [1.29, 1.82) is 0 Å². The van der Waals surface area contributed by atoms with Gasteiger partial charge in [-0.3, -0.25) is 19.7 Å². The first kappa shape index (κ1) is 11.9. The molecule has 1 amide bonds. The van der Waals surface area contributed by atoms with Crippen LogP contribution in [0.3, 0.4) is 0 Å². The molecule has 0 spiro atoms. The summed E-state index contributed by atoms with van der Waals surface area (Å²) < 4.78 is 1.11. The van der Waals surface area contributed by atoms with E-state index < -0.39 is 22.1 Å². The molecule has 7 nitrogen and oxygen atoms in total. The van der Waals surface area contributed by atoms with Gasteiger partial charge in [-0.2, -0.15) is 0 Å². The second kappa shape index (κ2) is 4.56. The highest BCUT2D eigenvalue weighted by atomic mass is 16.6. The van der Waals surface area contributed by atoms with E-state index in [0.717, 1.165) is 4.57 Å². The Hall–Kier alpha value is -2.18. The van der Waals surface area contributed by atoms with Crippen molar-refractivity contribution in [2.45, 2.75) is 19.9 Å². The van der Waals surface area contributed by atoms with E-state index in [1.165, 1.54) is 19.2 Å². The van der Waals surface area contributed by atoms with Gasteiger partial charge in [0.15, 0.2) is 0 Å². The fourth-order valence-corrected chi connectivity index (χ4v) is 1.28. The Labute approximate surface area is 90.6 Å². The Morgan fingerprint density at radius 2 is 2.25 bits per heavy atom. The lowest BCUT2D eigenvalue weighted by molar-refractivity contribution is -0.387. The molecule has 0 bridgehead atoms. The zero-order valence-corrected chi connectivity index (χ0v) is 8.67. The zero-order chi connectivity index (χ0) is 12.3. The number of hydrogen-bond donors (Lipinski definition) is 1. The lowest BCUT2D eigenvalue weighted by Crippen LogP contribution is -2.25. The predicted molar refractivity (Wildman–Crippen MR) is 55.9 cm³/mol. The summed E-state index contributed by atoms with van der Waals surface area (Å²) in [7, 11) is 0. The smallest absolute Gasteiger partial charge is 0.336 e. The van der Waals surface area contributed by atoms with E-state index >= 15 is 0 Å². The van der Waals surface area contributed by atoms with Crippen LogP contribution in [0, 0.1) is 17.0 Å². The van der Waals surface area contributed by atoms with Crippen molar-refractivity contribution in [3.05, 3.63) is 38.3 Å². The van der Waals surface area contributed by atoms with Crippen LogP contribution >= 0.6 is 0 Å². The monoisotopic (exact) mass is 225 g/mol. The molecule has 0 aromatic carbocycles. The summed E-state index contributed by atoms with van der Waals surface area (Å²) in [6.45, 7) is 1.53. The van der Waals surface area contributed by atoms with Crippen molar-refractivity contribution in [3.63, 3.8) is 0 Å². The second-order valence-electron chi connectivity index (χ2n) is 3.32. The van der Waals surface area contributed by atoms with Gasteiger partial charge in [0.2, 0.25) is 5.91 Å². The van der Waals surface area contributed by atoms with E-state index in [1.807, 2.05) is 0 Å². The summed E-state index contributed by atoms with van der Waals surface area (Å²) in [5.41, 5.74) is 4.04. The van der Waals surface area contributed by atoms with E-state index in [4.69, 9.17) is 5.73 Å². The molecule has 1 heterocycles. The summed E-state index contributed by atoms with van der Waals surface area (Å²) in [5.74, 6) is -0.560. The first-order chi connectivity index (χ1) is 7.43. The number of hydrogen-bond acceptors (Lipinski definition) is 4. The Morgan fingerprint density at radius 1 is 1.62 bits per heavy atom. The first-order valence-electron chi connectivity index (χ1n) is 4.56. The third-order valence-electron chi connectivity index (χ3n) is 2.12. The Morgan fingerprint density at radius 3 is 2.75 bits per heavy atom.